The van der Waals surface area contributed by atoms with Crippen LogP contribution >= 0.6 is 0 Å². The quantitative estimate of drug-likeness (QED) is 0.887. The Morgan fingerprint density at radius 1 is 1.28 bits per heavy atom. The lowest BCUT2D eigenvalue weighted by atomic mass is 10.1. The van der Waals surface area contributed by atoms with Crippen molar-refractivity contribution in [1.29, 1.82) is 0 Å². The van der Waals surface area contributed by atoms with Crippen molar-refractivity contribution in [2.24, 2.45) is 5.92 Å². The standard InChI is InChI=1S/C11H16F3N3O/c1-3-7(4-2)6-18-9-5-8(11(12,13)14)16-10(15)17-9/h5,7H,3-4,6H2,1-2H3,(H2,15,16,17). The summed E-state index contributed by atoms with van der Waals surface area (Å²) in [5, 5.41) is 0. The zero-order chi connectivity index (χ0) is 13.8. The SMILES string of the molecule is CCC(CC)COc1cc(C(F)(F)F)nc(N)n1. The summed E-state index contributed by atoms with van der Waals surface area (Å²) in [4.78, 5) is 6.77. The Bertz CT molecular complexity index is 392. The van der Waals surface area contributed by atoms with E-state index in [1.165, 1.54) is 0 Å². The molecular formula is C11H16F3N3O. The molecule has 0 fully saturated rings. The molecule has 0 aliphatic rings. The summed E-state index contributed by atoms with van der Waals surface area (Å²) in [6.45, 7) is 4.31. The van der Waals surface area contributed by atoms with Crippen LogP contribution in [0.15, 0.2) is 6.07 Å². The molecule has 0 aliphatic carbocycles. The zero-order valence-corrected chi connectivity index (χ0v) is 10.3. The predicted molar refractivity (Wildman–Crippen MR) is 61.0 cm³/mol. The van der Waals surface area contributed by atoms with Crippen LogP contribution in [0.4, 0.5) is 19.1 Å². The minimum Gasteiger partial charge on any atom is -0.477 e. The van der Waals surface area contributed by atoms with E-state index in [9.17, 15) is 13.2 Å². The lowest BCUT2D eigenvalue weighted by Crippen LogP contribution is -2.14. The van der Waals surface area contributed by atoms with Gasteiger partial charge in [-0.05, 0) is 5.92 Å². The fourth-order valence-corrected chi connectivity index (χ4v) is 1.39. The van der Waals surface area contributed by atoms with Gasteiger partial charge >= 0.3 is 6.18 Å². The van der Waals surface area contributed by atoms with Crippen LogP contribution in [0.5, 0.6) is 5.88 Å². The van der Waals surface area contributed by atoms with Crippen LogP contribution < -0.4 is 10.5 Å². The van der Waals surface area contributed by atoms with Crippen molar-refractivity contribution >= 4 is 5.95 Å². The van der Waals surface area contributed by atoms with Crippen LogP contribution in [0.2, 0.25) is 0 Å². The van der Waals surface area contributed by atoms with E-state index in [2.05, 4.69) is 9.97 Å². The summed E-state index contributed by atoms with van der Waals surface area (Å²) in [7, 11) is 0. The average Bonchev–Trinajstić information content (AvgIpc) is 2.28. The molecule has 2 N–H and O–H groups in total. The van der Waals surface area contributed by atoms with Gasteiger partial charge in [0.05, 0.1) is 6.61 Å². The number of nitrogens with zero attached hydrogens (tertiary/aromatic N) is 2. The van der Waals surface area contributed by atoms with Gasteiger partial charge < -0.3 is 10.5 Å². The van der Waals surface area contributed by atoms with Crippen LogP contribution in [-0.2, 0) is 6.18 Å². The number of hydrogen-bond acceptors (Lipinski definition) is 4. The van der Waals surface area contributed by atoms with Crippen LogP contribution in [-0.4, -0.2) is 16.6 Å². The summed E-state index contributed by atoms with van der Waals surface area (Å²) >= 11 is 0. The third-order valence-corrected chi connectivity index (χ3v) is 2.63. The Labute approximate surface area is 103 Å². The molecule has 0 aromatic carbocycles. The van der Waals surface area contributed by atoms with Crippen LogP contribution in [0.3, 0.4) is 0 Å². The Hall–Kier alpha value is -1.53. The molecule has 1 aromatic heterocycles. The second-order valence-electron chi connectivity index (χ2n) is 3.94. The summed E-state index contributed by atoms with van der Waals surface area (Å²) in [6.07, 6.45) is -2.77. The molecular weight excluding hydrogens is 247 g/mol. The molecule has 4 nitrogen and oxygen atoms in total. The van der Waals surface area contributed by atoms with E-state index in [0.29, 0.717) is 6.61 Å². The maximum absolute atomic E-state index is 12.5. The van der Waals surface area contributed by atoms with Crippen LogP contribution in [0.25, 0.3) is 0 Å². The molecule has 0 saturated carbocycles. The molecule has 0 radical (unpaired) electrons. The van der Waals surface area contributed by atoms with Gasteiger partial charge in [0.1, 0.15) is 0 Å². The van der Waals surface area contributed by atoms with E-state index in [-0.39, 0.29) is 11.8 Å². The van der Waals surface area contributed by atoms with Gasteiger partial charge in [-0.25, -0.2) is 4.98 Å². The fraction of sp³-hybridized carbons (Fsp3) is 0.636. The van der Waals surface area contributed by atoms with E-state index in [1.807, 2.05) is 13.8 Å². The Kier molecular flexibility index (Phi) is 4.75. The lowest BCUT2D eigenvalue weighted by molar-refractivity contribution is -0.141. The van der Waals surface area contributed by atoms with Gasteiger partial charge in [-0.1, -0.05) is 26.7 Å². The first-order valence-electron chi connectivity index (χ1n) is 5.71. The maximum atomic E-state index is 12.5. The number of nitrogen functional groups attached to an aromatic ring is 1. The highest BCUT2D eigenvalue weighted by Gasteiger charge is 2.33. The topological polar surface area (TPSA) is 61.0 Å². The van der Waals surface area contributed by atoms with Crippen molar-refractivity contribution < 1.29 is 17.9 Å². The Morgan fingerprint density at radius 3 is 2.39 bits per heavy atom. The highest BCUT2D eigenvalue weighted by molar-refractivity contribution is 5.27. The van der Waals surface area contributed by atoms with Gasteiger partial charge in [-0.3, -0.25) is 0 Å². The van der Waals surface area contributed by atoms with Crippen molar-refractivity contribution in [3.05, 3.63) is 11.8 Å². The summed E-state index contributed by atoms with van der Waals surface area (Å²) in [5.74, 6) is -0.290. The first-order chi connectivity index (χ1) is 8.36. The molecule has 0 spiro atoms. The molecule has 18 heavy (non-hydrogen) atoms. The zero-order valence-electron chi connectivity index (χ0n) is 10.3. The third-order valence-electron chi connectivity index (χ3n) is 2.63. The largest absolute Gasteiger partial charge is 0.477 e. The first kappa shape index (κ1) is 14.5. The molecule has 0 aliphatic heterocycles. The van der Waals surface area contributed by atoms with Crippen molar-refractivity contribution in [1.82, 2.24) is 9.97 Å². The highest BCUT2D eigenvalue weighted by atomic mass is 19.4. The van der Waals surface area contributed by atoms with Gasteiger partial charge in [-0.2, -0.15) is 18.2 Å². The van der Waals surface area contributed by atoms with Crippen molar-refractivity contribution in [2.45, 2.75) is 32.9 Å². The number of hydrogen-bond donors (Lipinski definition) is 1. The summed E-state index contributed by atoms with van der Waals surface area (Å²) in [5.41, 5.74) is 4.14. The van der Waals surface area contributed by atoms with Crippen molar-refractivity contribution in [3.63, 3.8) is 0 Å². The molecule has 0 unspecified atom stereocenters. The third kappa shape index (κ3) is 4.05. The summed E-state index contributed by atoms with van der Waals surface area (Å²) in [6, 6.07) is 0.763. The van der Waals surface area contributed by atoms with E-state index < -0.39 is 17.8 Å². The number of halogens is 3. The maximum Gasteiger partial charge on any atom is 0.433 e. The molecule has 102 valence electrons. The van der Waals surface area contributed by atoms with E-state index in [0.717, 1.165) is 18.9 Å². The number of anilines is 1. The highest BCUT2D eigenvalue weighted by Crippen LogP contribution is 2.29. The Balaban J connectivity index is 2.81. The number of rotatable bonds is 5. The van der Waals surface area contributed by atoms with Crippen LogP contribution in [0, 0.1) is 5.92 Å². The molecule has 0 atom stereocenters. The van der Waals surface area contributed by atoms with Gasteiger partial charge in [0.25, 0.3) is 0 Å². The van der Waals surface area contributed by atoms with Gasteiger partial charge in [0.15, 0.2) is 5.69 Å². The first-order valence-corrected chi connectivity index (χ1v) is 5.71. The van der Waals surface area contributed by atoms with Gasteiger partial charge in [-0.15, -0.1) is 0 Å². The normalized spacial score (nSPS) is 11.9. The minimum atomic E-state index is -4.55. The number of alkyl halides is 3. The average molecular weight is 263 g/mol. The van der Waals surface area contributed by atoms with Gasteiger partial charge in [0.2, 0.25) is 11.8 Å². The summed E-state index contributed by atoms with van der Waals surface area (Å²) < 4.78 is 42.7. The second-order valence-corrected chi connectivity index (χ2v) is 3.94. The van der Waals surface area contributed by atoms with Crippen molar-refractivity contribution in [3.8, 4) is 5.88 Å². The Morgan fingerprint density at radius 2 is 1.89 bits per heavy atom. The van der Waals surface area contributed by atoms with E-state index >= 15 is 0 Å². The van der Waals surface area contributed by atoms with E-state index in [4.69, 9.17) is 10.5 Å². The predicted octanol–water partition coefficient (Wildman–Crippen LogP) is 2.89. The minimum absolute atomic E-state index is 0.137. The molecule has 1 rings (SSSR count). The molecule has 1 aromatic rings. The molecule has 7 heteroatoms. The van der Waals surface area contributed by atoms with Crippen molar-refractivity contribution in [2.75, 3.05) is 12.3 Å². The monoisotopic (exact) mass is 263 g/mol. The van der Waals surface area contributed by atoms with E-state index in [1.54, 1.807) is 0 Å². The second kappa shape index (κ2) is 5.88. The number of ether oxygens (including phenoxy) is 1. The number of nitrogens with two attached hydrogens (primary N) is 1. The number of aromatic nitrogens is 2. The molecule has 0 amide bonds. The molecule has 1 heterocycles. The van der Waals surface area contributed by atoms with Crippen LogP contribution in [0.1, 0.15) is 32.4 Å². The van der Waals surface area contributed by atoms with Gasteiger partial charge in [0, 0.05) is 6.07 Å². The smallest absolute Gasteiger partial charge is 0.433 e. The fourth-order valence-electron chi connectivity index (χ4n) is 1.39. The molecule has 0 bridgehead atoms. The molecule has 0 saturated heterocycles. The lowest BCUT2D eigenvalue weighted by Gasteiger charge is -2.14.